The van der Waals surface area contributed by atoms with Crippen molar-refractivity contribution in [1.29, 1.82) is 0 Å². The van der Waals surface area contributed by atoms with Crippen molar-refractivity contribution in [3.8, 4) is 0 Å². The number of nitrogens with zero attached hydrogens (tertiary/aromatic N) is 2. The van der Waals surface area contributed by atoms with Crippen LogP contribution in [-0.4, -0.2) is 47.4 Å². The highest BCUT2D eigenvalue weighted by atomic mass is 32.1. The summed E-state index contributed by atoms with van der Waals surface area (Å²) < 4.78 is 5.50. The summed E-state index contributed by atoms with van der Waals surface area (Å²) in [6, 6.07) is 0. The van der Waals surface area contributed by atoms with E-state index in [1.807, 2.05) is 0 Å². The maximum Gasteiger partial charge on any atom is 0.228 e. The molecule has 5 nitrogen and oxygen atoms in total. The minimum absolute atomic E-state index is 0.0566. The summed E-state index contributed by atoms with van der Waals surface area (Å²) in [6.45, 7) is 1.44. The topological polar surface area (TPSA) is 59.5 Å². The van der Waals surface area contributed by atoms with Gasteiger partial charge in [0.2, 0.25) is 5.91 Å². The lowest BCUT2D eigenvalue weighted by molar-refractivity contribution is -0.146. The molecule has 1 unspecified atom stereocenters. The summed E-state index contributed by atoms with van der Waals surface area (Å²) >= 11 is 1.48. The quantitative estimate of drug-likeness (QED) is 0.822. The number of carbonyl (C=O) groups is 2. The molecule has 0 N–H and O–H groups in total. The van der Waals surface area contributed by atoms with Gasteiger partial charge in [0.1, 0.15) is 6.10 Å². The molecule has 19 heavy (non-hydrogen) atoms. The van der Waals surface area contributed by atoms with Crippen LogP contribution in [0.3, 0.4) is 0 Å². The Morgan fingerprint density at radius 1 is 1.47 bits per heavy atom. The number of hydrogen-bond acceptors (Lipinski definition) is 5. The second-order valence-corrected chi connectivity index (χ2v) is 5.99. The number of amides is 1. The highest BCUT2D eigenvalue weighted by molar-refractivity contribution is 7.09. The Kier molecular flexibility index (Phi) is 3.61. The van der Waals surface area contributed by atoms with Crippen LogP contribution in [0, 0.1) is 5.92 Å². The van der Waals surface area contributed by atoms with Gasteiger partial charge in [-0.3, -0.25) is 14.6 Å². The average molecular weight is 280 g/mol. The van der Waals surface area contributed by atoms with Gasteiger partial charge in [-0.25, -0.2) is 0 Å². The first kappa shape index (κ1) is 12.7. The van der Waals surface area contributed by atoms with Crippen molar-refractivity contribution in [1.82, 2.24) is 9.88 Å². The SMILES string of the molecule is O=C(C1CC1)C1CN(C(=O)Cc2cncs2)CCO1. The van der Waals surface area contributed by atoms with Crippen molar-refractivity contribution in [2.45, 2.75) is 25.4 Å². The highest BCUT2D eigenvalue weighted by Crippen LogP contribution is 2.32. The molecular weight excluding hydrogens is 264 g/mol. The van der Waals surface area contributed by atoms with Gasteiger partial charge < -0.3 is 9.64 Å². The molecule has 1 aromatic rings. The summed E-state index contributed by atoms with van der Waals surface area (Å²) in [4.78, 5) is 30.8. The number of thiazole rings is 1. The Balaban J connectivity index is 1.58. The van der Waals surface area contributed by atoms with Crippen molar-refractivity contribution in [3.05, 3.63) is 16.6 Å². The summed E-state index contributed by atoms with van der Waals surface area (Å²) in [5.74, 6) is 0.415. The van der Waals surface area contributed by atoms with Gasteiger partial charge in [-0.15, -0.1) is 11.3 Å². The minimum Gasteiger partial charge on any atom is -0.367 e. The Hall–Kier alpha value is -1.27. The fraction of sp³-hybridized carbons (Fsp3) is 0.615. The maximum atomic E-state index is 12.2. The Morgan fingerprint density at radius 3 is 3.00 bits per heavy atom. The van der Waals surface area contributed by atoms with Gasteiger partial charge in [-0.1, -0.05) is 0 Å². The zero-order valence-corrected chi connectivity index (χ0v) is 11.4. The molecule has 1 saturated carbocycles. The molecule has 1 aliphatic heterocycles. The first-order chi connectivity index (χ1) is 9.24. The fourth-order valence-corrected chi connectivity index (χ4v) is 2.85. The Labute approximate surface area is 115 Å². The molecule has 2 aliphatic rings. The molecule has 1 aromatic heterocycles. The zero-order valence-electron chi connectivity index (χ0n) is 10.6. The lowest BCUT2D eigenvalue weighted by Gasteiger charge is -2.32. The van der Waals surface area contributed by atoms with Gasteiger partial charge in [0.25, 0.3) is 0 Å². The van der Waals surface area contributed by atoms with Crippen LogP contribution in [0.15, 0.2) is 11.7 Å². The van der Waals surface area contributed by atoms with Crippen molar-refractivity contribution < 1.29 is 14.3 Å². The van der Waals surface area contributed by atoms with Crippen LogP contribution >= 0.6 is 11.3 Å². The maximum absolute atomic E-state index is 12.2. The lowest BCUT2D eigenvalue weighted by atomic mass is 10.1. The molecular formula is C13H16N2O3S. The highest BCUT2D eigenvalue weighted by Gasteiger charge is 2.38. The number of ketones is 1. The predicted molar refractivity (Wildman–Crippen MR) is 69.9 cm³/mol. The van der Waals surface area contributed by atoms with Crippen LogP contribution in [0.25, 0.3) is 0 Å². The van der Waals surface area contributed by atoms with Gasteiger partial charge in [0, 0.05) is 23.5 Å². The normalized spacial score (nSPS) is 23.4. The number of carbonyl (C=O) groups excluding carboxylic acids is 2. The third-order valence-corrected chi connectivity index (χ3v) is 4.30. The van der Waals surface area contributed by atoms with Gasteiger partial charge in [-0.2, -0.15) is 0 Å². The number of ether oxygens (including phenoxy) is 1. The number of hydrogen-bond donors (Lipinski definition) is 0. The molecule has 1 saturated heterocycles. The second-order valence-electron chi connectivity index (χ2n) is 5.02. The number of Topliss-reactive ketones (excluding diaryl/α,β-unsaturated/α-hetero) is 1. The van der Waals surface area contributed by atoms with E-state index in [-0.39, 0.29) is 17.6 Å². The van der Waals surface area contributed by atoms with E-state index in [1.54, 1.807) is 16.6 Å². The smallest absolute Gasteiger partial charge is 0.228 e. The lowest BCUT2D eigenvalue weighted by Crippen LogP contribution is -2.49. The third kappa shape index (κ3) is 3.01. The first-order valence-corrected chi connectivity index (χ1v) is 7.42. The molecule has 2 fully saturated rings. The molecule has 0 spiro atoms. The molecule has 1 atom stereocenters. The van der Waals surface area contributed by atoms with Gasteiger partial charge in [-0.05, 0) is 12.8 Å². The van der Waals surface area contributed by atoms with Gasteiger partial charge >= 0.3 is 0 Å². The van der Waals surface area contributed by atoms with Crippen LogP contribution < -0.4 is 0 Å². The third-order valence-electron chi connectivity index (χ3n) is 3.53. The molecule has 3 rings (SSSR count). The summed E-state index contributed by atoms with van der Waals surface area (Å²) in [5.41, 5.74) is 1.72. The van der Waals surface area contributed by atoms with E-state index in [0.717, 1.165) is 17.7 Å². The van der Waals surface area contributed by atoms with Crippen molar-refractivity contribution in [3.63, 3.8) is 0 Å². The largest absolute Gasteiger partial charge is 0.367 e. The van der Waals surface area contributed by atoms with Crippen molar-refractivity contribution >= 4 is 23.0 Å². The van der Waals surface area contributed by atoms with Crippen LogP contribution in [0.4, 0.5) is 0 Å². The summed E-state index contributed by atoms with van der Waals surface area (Å²) in [6.07, 6.45) is 3.64. The predicted octanol–water partition coefficient (Wildman–Crippen LogP) is 0.892. The van der Waals surface area contributed by atoms with E-state index in [2.05, 4.69) is 4.98 Å². The first-order valence-electron chi connectivity index (χ1n) is 6.54. The van der Waals surface area contributed by atoms with E-state index in [9.17, 15) is 9.59 Å². The van der Waals surface area contributed by atoms with Crippen LogP contribution in [0.2, 0.25) is 0 Å². The molecule has 1 amide bonds. The molecule has 2 heterocycles. The molecule has 0 radical (unpaired) electrons. The van der Waals surface area contributed by atoms with E-state index >= 15 is 0 Å². The molecule has 6 heteroatoms. The van der Waals surface area contributed by atoms with Crippen LogP contribution in [-0.2, 0) is 20.7 Å². The van der Waals surface area contributed by atoms with E-state index in [1.165, 1.54) is 11.3 Å². The Morgan fingerprint density at radius 2 is 2.32 bits per heavy atom. The van der Waals surface area contributed by atoms with Crippen molar-refractivity contribution in [2.75, 3.05) is 19.7 Å². The fourth-order valence-electron chi connectivity index (χ4n) is 2.27. The number of morpholine rings is 1. The molecule has 102 valence electrons. The monoisotopic (exact) mass is 280 g/mol. The zero-order chi connectivity index (χ0) is 13.2. The van der Waals surface area contributed by atoms with Crippen molar-refractivity contribution in [2.24, 2.45) is 5.92 Å². The second kappa shape index (κ2) is 5.38. The molecule has 0 bridgehead atoms. The molecule has 0 aromatic carbocycles. The summed E-state index contributed by atoms with van der Waals surface area (Å²) in [5, 5.41) is 0. The number of rotatable bonds is 4. The van der Waals surface area contributed by atoms with Gasteiger partial charge in [0.15, 0.2) is 5.78 Å². The standard InChI is InChI=1S/C13H16N2O3S/c16-12(5-10-6-14-8-19-10)15-3-4-18-11(7-15)13(17)9-1-2-9/h6,8-9,11H,1-5,7H2. The van der Waals surface area contributed by atoms with E-state index < -0.39 is 6.10 Å². The average Bonchev–Trinajstić information content (AvgIpc) is 3.17. The minimum atomic E-state index is -0.410. The van der Waals surface area contributed by atoms with Crippen LogP contribution in [0.5, 0.6) is 0 Å². The van der Waals surface area contributed by atoms with Gasteiger partial charge in [0.05, 0.1) is 25.1 Å². The number of aromatic nitrogens is 1. The molecule has 1 aliphatic carbocycles. The van der Waals surface area contributed by atoms with Crippen LogP contribution in [0.1, 0.15) is 17.7 Å². The Bertz CT molecular complexity index is 470. The summed E-state index contributed by atoms with van der Waals surface area (Å²) in [7, 11) is 0. The van der Waals surface area contributed by atoms with E-state index in [0.29, 0.717) is 26.1 Å². The van der Waals surface area contributed by atoms with E-state index in [4.69, 9.17) is 4.74 Å².